The molecule has 3 N–H and O–H groups in total. The number of rotatable bonds is 6. The van der Waals surface area contributed by atoms with E-state index >= 15 is 0 Å². The fourth-order valence-corrected chi connectivity index (χ4v) is 4.88. The quantitative estimate of drug-likeness (QED) is 0.195. The van der Waals surface area contributed by atoms with Crippen molar-refractivity contribution < 1.29 is 26.9 Å². The molecule has 0 aliphatic carbocycles. The van der Waals surface area contributed by atoms with Crippen molar-refractivity contribution in [2.75, 3.05) is 11.2 Å². The molecule has 6 aromatic rings. The van der Waals surface area contributed by atoms with Gasteiger partial charge in [-0.2, -0.15) is 18.6 Å². The van der Waals surface area contributed by atoms with Crippen LogP contribution in [-0.4, -0.2) is 50.1 Å². The minimum Gasteiger partial charge on any atom is -0.457 e. The van der Waals surface area contributed by atoms with E-state index < -0.39 is 27.4 Å². The molecule has 0 aliphatic rings. The lowest BCUT2D eigenvalue weighted by molar-refractivity contribution is 0.0997. The number of ether oxygens (including phenoxy) is 1. The first kappa shape index (κ1) is 31.8. The minimum atomic E-state index is -3.67. The standard InChI is InChI=1S/C31H25FN6O3.CH4O3S/c1-18-12-19(2)36-30(39)29(18)31(40)38(23-6-4-22(32)5-7-23)24-8-10-25(11-9-24)41-28-13-20-17-35-37(3)27(20)14-26(28)21-15-33-34-16-21;1-5(2,3)4/h4-17H,1-3H3,(H,33,34)(H,36,39);1H3,(H,2,3,4). The smallest absolute Gasteiger partial charge is 0.268 e. The molecule has 46 heavy (non-hydrogen) atoms. The number of pyridine rings is 1. The van der Waals surface area contributed by atoms with Gasteiger partial charge in [-0.15, -0.1) is 0 Å². The molecule has 3 aromatic carbocycles. The summed E-state index contributed by atoms with van der Waals surface area (Å²) >= 11 is 0. The maximum absolute atomic E-state index is 13.8. The molecule has 0 aliphatic heterocycles. The fourth-order valence-electron chi connectivity index (χ4n) is 4.88. The van der Waals surface area contributed by atoms with Crippen LogP contribution in [0, 0.1) is 19.7 Å². The van der Waals surface area contributed by atoms with Crippen LogP contribution in [0.1, 0.15) is 21.6 Å². The summed E-state index contributed by atoms with van der Waals surface area (Å²) in [6, 6.07) is 18.1. The van der Waals surface area contributed by atoms with E-state index in [1.54, 1.807) is 67.5 Å². The Morgan fingerprint density at radius 2 is 1.63 bits per heavy atom. The summed E-state index contributed by atoms with van der Waals surface area (Å²) in [5, 5.41) is 12.2. The van der Waals surface area contributed by atoms with Crippen LogP contribution < -0.4 is 15.2 Å². The Bertz CT molecular complexity index is 2190. The van der Waals surface area contributed by atoms with Gasteiger partial charge >= 0.3 is 0 Å². The van der Waals surface area contributed by atoms with Crippen molar-refractivity contribution in [2.24, 2.45) is 7.05 Å². The number of carbonyl (C=O) groups excluding carboxylic acids is 1. The second kappa shape index (κ2) is 12.8. The number of hydrogen-bond acceptors (Lipinski definition) is 7. The highest BCUT2D eigenvalue weighted by molar-refractivity contribution is 7.85. The molecule has 12 nitrogen and oxygen atoms in total. The van der Waals surface area contributed by atoms with Gasteiger partial charge in [-0.25, -0.2) is 4.39 Å². The number of aryl methyl sites for hydroxylation is 3. The Morgan fingerprint density at radius 3 is 2.22 bits per heavy atom. The Hall–Kier alpha value is -5.60. The number of benzene rings is 3. The second-order valence-corrected chi connectivity index (χ2v) is 11.9. The average Bonchev–Trinajstić information content (AvgIpc) is 3.63. The number of anilines is 2. The molecular formula is C32H29FN6O6S. The van der Waals surface area contributed by atoms with Gasteiger partial charge in [-0.05, 0) is 86.1 Å². The second-order valence-electron chi connectivity index (χ2n) is 10.4. The highest BCUT2D eigenvalue weighted by Gasteiger charge is 2.25. The zero-order valence-corrected chi connectivity index (χ0v) is 26.0. The van der Waals surface area contributed by atoms with Gasteiger partial charge in [0.1, 0.15) is 22.9 Å². The van der Waals surface area contributed by atoms with Crippen molar-refractivity contribution in [3.63, 3.8) is 0 Å². The molecule has 6 rings (SSSR count). The normalized spacial score (nSPS) is 11.2. The highest BCUT2D eigenvalue weighted by atomic mass is 32.2. The molecule has 0 spiro atoms. The molecule has 0 fully saturated rings. The number of nitrogens with one attached hydrogen (secondary N) is 2. The lowest BCUT2D eigenvalue weighted by Crippen LogP contribution is -2.32. The maximum Gasteiger partial charge on any atom is 0.268 e. The molecule has 0 bridgehead atoms. The number of nitrogens with zero attached hydrogens (tertiary/aromatic N) is 4. The van der Waals surface area contributed by atoms with Crippen LogP contribution >= 0.6 is 0 Å². The van der Waals surface area contributed by atoms with Gasteiger partial charge in [0, 0.05) is 46.8 Å². The molecule has 0 saturated heterocycles. The van der Waals surface area contributed by atoms with E-state index in [2.05, 4.69) is 20.3 Å². The van der Waals surface area contributed by atoms with Crippen molar-refractivity contribution >= 4 is 38.3 Å². The number of amides is 1. The Labute approximate surface area is 262 Å². The van der Waals surface area contributed by atoms with Crippen molar-refractivity contribution in [3.05, 3.63) is 118 Å². The third-order valence-corrected chi connectivity index (χ3v) is 6.85. The van der Waals surface area contributed by atoms with E-state index in [0.717, 1.165) is 22.0 Å². The maximum atomic E-state index is 13.8. The van der Waals surface area contributed by atoms with Crippen LogP contribution in [0.15, 0.2) is 90.1 Å². The van der Waals surface area contributed by atoms with Crippen LogP contribution in [0.25, 0.3) is 22.0 Å². The van der Waals surface area contributed by atoms with Gasteiger partial charge in [0.15, 0.2) is 0 Å². The third kappa shape index (κ3) is 7.20. The molecule has 3 aromatic heterocycles. The topological polar surface area (TPSA) is 163 Å². The largest absolute Gasteiger partial charge is 0.457 e. The van der Waals surface area contributed by atoms with Crippen LogP contribution in [0.2, 0.25) is 0 Å². The zero-order chi connectivity index (χ0) is 33.2. The molecular weight excluding hydrogens is 615 g/mol. The fraction of sp³-hybridized carbons (Fsp3) is 0.125. The zero-order valence-electron chi connectivity index (χ0n) is 25.1. The lowest BCUT2D eigenvalue weighted by Gasteiger charge is -2.24. The Balaban J connectivity index is 0.000000775. The van der Waals surface area contributed by atoms with E-state index in [1.165, 1.54) is 29.2 Å². The molecule has 0 atom stereocenters. The SMILES string of the molecule is CS(=O)(=O)O.Cc1cc(C)c(C(=O)N(c2ccc(F)cc2)c2ccc(Oc3cc4cnn(C)c4cc3-c3cn[nH]c3)cc2)c(=O)[nH]1. The predicted molar refractivity (Wildman–Crippen MR) is 172 cm³/mol. The molecule has 14 heteroatoms. The summed E-state index contributed by atoms with van der Waals surface area (Å²) in [6.07, 6.45) is 5.99. The van der Waals surface area contributed by atoms with Crippen molar-refractivity contribution in [1.82, 2.24) is 25.0 Å². The molecule has 0 unspecified atom stereocenters. The van der Waals surface area contributed by atoms with Gasteiger partial charge in [-0.3, -0.25) is 28.8 Å². The van der Waals surface area contributed by atoms with E-state index in [-0.39, 0.29) is 5.56 Å². The summed E-state index contributed by atoms with van der Waals surface area (Å²) in [5.74, 6) is 0.159. The van der Waals surface area contributed by atoms with E-state index in [4.69, 9.17) is 9.29 Å². The van der Waals surface area contributed by atoms with Gasteiger partial charge in [0.2, 0.25) is 0 Å². The molecule has 0 radical (unpaired) electrons. The Morgan fingerprint density at radius 1 is 1.00 bits per heavy atom. The first-order valence-electron chi connectivity index (χ1n) is 13.7. The van der Waals surface area contributed by atoms with E-state index in [9.17, 15) is 22.4 Å². The number of aromatic amines is 2. The number of hydrogen-bond donors (Lipinski definition) is 3. The van der Waals surface area contributed by atoms with Gasteiger partial charge in [-0.1, -0.05) is 0 Å². The molecule has 1 amide bonds. The molecule has 0 saturated carbocycles. The van der Waals surface area contributed by atoms with Crippen molar-refractivity contribution in [1.29, 1.82) is 0 Å². The highest BCUT2D eigenvalue weighted by Crippen LogP contribution is 2.37. The first-order valence-corrected chi connectivity index (χ1v) is 15.6. The summed E-state index contributed by atoms with van der Waals surface area (Å²) in [7, 11) is -1.79. The van der Waals surface area contributed by atoms with Crippen LogP contribution in [0.4, 0.5) is 15.8 Å². The van der Waals surface area contributed by atoms with Crippen LogP contribution in [0.3, 0.4) is 0 Å². The van der Waals surface area contributed by atoms with E-state index in [0.29, 0.717) is 40.4 Å². The number of halogens is 1. The summed E-state index contributed by atoms with van der Waals surface area (Å²) in [6.45, 7) is 3.47. The van der Waals surface area contributed by atoms with Crippen LogP contribution in [0.5, 0.6) is 11.5 Å². The van der Waals surface area contributed by atoms with Crippen molar-refractivity contribution in [2.45, 2.75) is 13.8 Å². The average molecular weight is 645 g/mol. The van der Waals surface area contributed by atoms with Gasteiger partial charge < -0.3 is 9.72 Å². The predicted octanol–water partition coefficient (Wildman–Crippen LogP) is 5.68. The summed E-state index contributed by atoms with van der Waals surface area (Å²) in [5.41, 5.74) is 4.23. The van der Waals surface area contributed by atoms with Crippen molar-refractivity contribution in [3.8, 4) is 22.6 Å². The van der Waals surface area contributed by atoms with Gasteiger partial charge in [0.05, 0.1) is 24.2 Å². The lowest BCUT2D eigenvalue weighted by atomic mass is 10.1. The van der Waals surface area contributed by atoms with Crippen LogP contribution in [-0.2, 0) is 17.2 Å². The van der Waals surface area contributed by atoms with Gasteiger partial charge in [0.25, 0.3) is 21.6 Å². The van der Waals surface area contributed by atoms with E-state index in [1.807, 2.05) is 19.2 Å². The third-order valence-electron chi connectivity index (χ3n) is 6.85. The number of fused-ring (bicyclic) bond motifs is 1. The number of aromatic nitrogens is 5. The summed E-state index contributed by atoms with van der Waals surface area (Å²) < 4.78 is 47.7. The molecule has 3 heterocycles. The summed E-state index contributed by atoms with van der Waals surface area (Å²) in [4.78, 5) is 30.7. The number of H-pyrrole nitrogens is 2. The number of carbonyl (C=O) groups is 1. The Kier molecular flexibility index (Phi) is 8.84. The first-order chi connectivity index (χ1) is 21.8. The minimum absolute atomic E-state index is 0.00905. The molecule has 236 valence electrons. The monoisotopic (exact) mass is 644 g/mol.